The summed E-state index contributed by atoms with van der Waals surface area (Å²) in [6.07, 6.45) is 0. The van der Waals surface area contributed by atoms with E-state index in [1.54, 1.807) is 0 Å². The molecule has 0 aliphatic carbocycles. The average molecular weight is 884 g/mol. The van der Waals surface area contributed by atoms with Gasteiger partial charge in [0, 0.05) is 49.4 Å². The summed E-state index contributed by atoms with van der Waals surface area (Å²) >= 11 is 0. The lowest BCUT2D eigenvalue weighted by Gasteiger charge is -2.11. The van der Waals surface area contributed by atoms with Crippen molar-refractivity contribution in [1.82, 2.24) is 42.6 Å². The van der Waals surface area contributed by atoms with Gasteiger partial charge in [0.1, 0.15) is 5.52 Å². The Balaban J connectivity index is 1.09. The Hall–Kier alpha value is -9.60. The van der Waals surface area contributed by atoms with Crippen LogP contribution < -0.4 is 0 Å². The zero-order chi connectivity index (χ0) is 45.2. The third-order valence-electron chi connectivity index (χ3n) is 13.7. The lowest BCUT2D eigenvalue weighted by atomic mass is 10.1. The molecule has 322 valence electrons. The van der Waals surface area contributed by atoms with Crippen LogP contribution in [0.25, 0.3) is 128 Å². The summed E-state index contributed by atoms with van der Waals surface area (Å²) < 4.78 is 11.7. The lowest BCUT2D eigenvalue weighted by Crippen LogP contribution is -2.06. The van der Waals surface area contributed by atoms with E-state index < -0.39 is 0 Å². The van der Waals surface area contributed by atoms with E-state index in [4.69, 9.17) is 19.9 Å². The van der Waals surface area contributed by atoms with Gasteiger partial charge in [0.2, 0.25) is 11.7 Å². The highest BCUT2D eigenvalue weighted by atomic mass is 15.3. The van der Waals surface area contributed by atoms with Crippen LogP contribution in [0.5, 0.6) is 0 Å². The lowest BCUT2D eigenvalue weighted by molar-refractivity contribution is 0.953. The number of hydrogen-bond acceptors (Lipinski definition) is 4. The number of benzene rings is 9. The van der Waals surface area contributed by atoms with Gasteiger partial charge in [-0.15, -0.1) is 0 Å². The first-order chi connectivity index (χ1) is 34.2. The van der Waals surface area contributed by atoms with Crippen LogP contribution >= 0.6 is 0 Å². The van der Waals surface area contributed by atoms with E-state index in [9.17, 15) is 0 Å². The van der Waals surface area contributed by atoms with Crippen LogP contribution in [-0.4, -0.2) is 42.6 Å². The first-order valence-electron chi connectivity index (χ1n) is 23.2. The molecule has 0 saturated heterocycles. The van der Waals surface area contributed by atoms with Crippen molar-refractivity contribution in [3.05, 3.63) is 224 Å². The van der Waals surface area contributed by atoms with Gasteiger partial charge in [0.15, 0.2) is 17.3 Å². The van der Waals surface area contributed by atoms with Crippen molar-refractivity contribution >= 4 is 82.5 Å². The van der Waals surface area contributed by atoms with E-state index in [1.807, 2.05) is 36.4 Å². The predicted molar refractivity (Wildman–Crippen MR) is 279 cm³/mol. The molecule has 9 nitrogen and oxygen atoms in total. The molecule has 15 rings (SSSR count). The van der Waals surface area contributed by atoms with Crippen molar-refractivity contribution in [2.45, 2.75) is 0 Å². The standard InChI is InChI=1S/C60H37N9/c1-5-19-38(20-6-1)56-62-57(39-21-7-2-8-22-39)64-59(63-56)68-51-34-33-42(35-45(51)47-37-53-46(36-54(47)68)43-27-13-16-30-49(43)65(53)40-23-9-3-10-24-40)67-55-44-28-14-17-31-50(44)66(41-25-11-4-12-26-41)58(55)69-52-32-18-15-29-48(52)61-60(67)69/h1-37H. The molecule has 0 saturated carbocycles. The van der Waals surface area contributed by atoms with Crippen LogP contribution in [0.2, 0.25) is 0 Å². The molecule has 0 aliphatic rings. The average Bonchev–Trinajstić information content (AvgIpc) is 4.21. The monoisotopic (exact) mass is 883 g/mol. The summed E-state index contributed by atoms with van der Waals surface area (Å²) in [4.78, 5) is 21.1. The van der Waals surface area contributed by atoms with Crippen molar-refractivity contribution in [2.75, 3.05) is 0 Å². The fourth-order valence-corrected chi connectivity index (χ4v) is 10.8. The summed E-state index contributed by atoms with van der Waals surface area (Å²) in [5, 5.41) is 5.56. The van der Waals surface area contributed by atoms with Crippen molar-refractivity contribution < 1.29 is 0 Å². The number of para-hydroxylation sites is 6. The molecule has 15 aromatic rings. The normalized spacial score (nSPS) is 12.1. The van der Waals surface area contributed by atoms with E-state index in [1.165, 1.54) is 5.39 Å². The molecule has 0 spiro atoms. The minimum atomic E-state index is 0.540. The van der Waals surface area contributed by atoms with E-state index in [-0.39, 0.29) is 0 Å². The zero-order valence-electron chi connectivity index (χ0n) is 36.9. The van der Waals surface area contributed by atoms with Gasteiger partial charge in [-0.2, -0.15) is 9.97 Å². The molecular weight excluding hydrogens is 847 g/mol. The van der Waals surface area contributed by atoms with Gasteiger partial charge in [-0.3, -0.25) is 18.1 Å². The number of imidazole rings is 2. The minimum absolute atomic E-state index is 0.540. The molecule has 0 unspecified atom stereocenters. The quantitative estimate of drug-likeness (QED) is 0.167. The zero-order valence-corrected chi connectivity index (χ0v) is 36.9. The van der Waals surface area contributed by atoms with Crippen molar-refractivity contribution in [2.24, 2.45) is 0 Å². The molecule has 0 fully saturated rings. The second-order valence-corrected chi connectivity index (χ2v) is 17.6. The Morgan fingerprint density at radius 3 is 1.45 bits per heavy atom. The molecule has 0 N–H and O–H groups in total. The van der Waals surface area contributed by atoms with Gasteiger partial charge in [-0.05, 0) is 78.9 Å². The molecule has 0 aliphatic heterocycles. The Labute approximate surface area is 393 Å². The Morgan fingerprint density at radius 1 is 0.290 bits per heavy atom. The van der Waals surface area contributed by atoms with Crippen LogP contribution in [0, 0.1) is 0 Å². The molecule has 0 atom stereocenters. The topological polar surface area (TPSA) is 75.7 Å². The highest BCUT2D eigenvalue weighted by Gasteiger charge is 2.27. The molecule has 6 aromatic heterocycles. The van der Waals surface area contributed by atoms with E-state index in [0.29, 0.717) is 17.6 Å². The van der Waals surface area contributed by atoms with Crippen LogP contribution in [-0.2, 0) is 0 Å². The number of rotatable bonds is 6. The molecule has 9 heteroatoms. The van der Waals surface area contributed by atoms with Crippen LogP contribution in [0.15, 0.2) is 224 Å². The van der Waals surface area contributed by atoms with Crippen LogP contribution in [0.3, 0.4) is 0 Å². The number of fused-ring (bicyclic) bond motifs is 13. The maximum atomic E-state index is 5.40. The van der Waals surface area contributed by atoms with Crippen LogP contribution in [0.4, 0.5) is 0 Å². The molecule has 0 amide bonds. The molecule has 69 heavy (non-hydrogen) atoms. The predicted octanol–water partition coefficient (Wildman–Crippen LogP) is 14.1. The van der Waals surface area contributed by atoms with Gasteiger partial charge >= 0.3 is 0 Å². The van der Waals surface area contributed by atoms with E-state index in [0.717, 1.165) is 105 Å². The van der Waals surface area contributed by atoms with Crippen LogP contribution in [0.1, 0.15) is 0 Å². The smallest absolute Gasteiger partial charge is 0.238 e. The fourth-order valence-electron chi connectivity index (χ4n) is 10.8. The summed E-state index contributed by atoms with van der Waals surface area (Å²) in [6.45, 7) is 0. The maximum absolute atomic E-state index is 5.40. The van der Waals surface area contributed by atoms with E-state index >= 15 is 0 Å². The number of nitrogens with zero attached hydrogens (tertiary/aromatic N) is 9. The molecular formula is C60H37N9. The summed E-state index contributed by atoms with van der Waals surface area (Å²) in [7, 11) is 0. The first-order valence-corrected chi connectivity index (χ1v) is 23.2. The van der Waals surface area contributed by atoms with Gasteiger partial charge in [-0.1, -0.05) is 146 Å². The van der Waals surface area contributed by atoms with Gasteiger partial charge in [0.05, 0.1) is 44.3 Å². The highest BCUT2D eigenvalue weighted by Crippen LogP contribution is 2.43. The second-order valence-electron chi connectivity index (χ2n) is 17.6. The molecule has 9 aromatic carbocycles. The van der Waals surface area contributed by atoms with Gasteiger partial charge in [-0.25, -0.2) is 9.97 Å². The summed E-state index contributed by atoms with van der Waals surface area (Å²) in [6, 6.07) is 78.9. The Morgan fingerprint density at radius 2 is 0.783 bits per heavy atom. The van der Waals surface area contributed by atoms with Crippen molar-refractivity contribution in [3.8, 4) is 45.8 Å². The SMILES string of the molecule is c1ccc(-c2nc(-c3ccccc3)nc(-n3c4ccc(-n5c6c7ccccc7n(-c7ccccc7)c6n6c7ccccc7nc56)cc4c4cc5c(cc43)c3ccccc3n5-c3ccccc3)n2)cc1. The maximum Gasteiger partial charge on any atom is 0.238 e. The summed E-state index contributed by atoms with van der Waals surface area (Å²) in [5.74, 6) is 2.58. The first kappa shape index (κ1) is 37.6. The third-order valence-corrected chi connectivity index (χ3v) is 13.7. The molecule has 0 radical (unpaired) electrons. The minimum Gasteiger partial charge on any atom is -0.309 e. The summed E-state index contributed by atoms with van der Waals surface area (Å²) in [5.41, 5.74) is 14.4. The van der Waals surface area contributed by atoms with Gasteiger partial charge < -0.3 is 4.57 Å². The third kappa shape index (κ3) is 5.46. The number of aromatic nitrogens is 9. The molecule has 0 bridgehead atoms. The second kappa shape index (κ2) is 14.4. The van der Waals surface area contributed by atoms with Crippen molar-refractivity contribution in [3.63, 3.8) is 0 Å². The molecule has 6 heterocycles. The largest absolute Gasteiger partial charge is 0.309 e. The van der Waals surface area contributed by atoms with E-state index in [2.05, 4.69) is 211 Å². The number of hydrogen-bond donors (Lipinski definition) is 0. The van der Waals surface area contributed by atoms with Crippen molar-refractivity contribution in [1.29, 1.82) is 0 Å². The Kier molecular flexibility index (Phi) is 7.87. The fraction of sp³-hybridized carbons (Fsp3) is 0. The highest BCUT2D eigenvalue weighted by molar-refractivity contribution is 6.19. The Bertz CT molecular complexity index is 4460. The van der Waals surface area contributed by atoms with Gasteiger partial charge in [0.25, 0.3) is 0 Å².